The van der Waals surface area contributed by atoms with Gasteiger partial charge >= 0.3 is 5.97 Å². The number of hydrogen-bond donors (Lipinski definition) is 0. The van der Waals surface area contributed by atoms with Crippen LogP contribution in [0.25, 0.3) is 5.69 Å². The zero-order chi connectivity index (χ0) is 14.1. The molecule has 2 heterocycles. The van der Waals surface area contributed by atoms with Crippen LogP contribution < -0.4 is 0 Å². The number of esters is 1. The van der Waals surface area contributed by atoms with Gasteiger partial charge in [-0.25, -0.2) is 9.79 Å². The maximum absolute atomic E-state index is 11.5. The van der Waals surface area contributed by atoms with Crippen LogP contribution in [0.15, 0.2) is 35.5 Å². The number of aliphatic imine (C=N–C) groups is 1. The third-order valence-corrected chi connectivity index (χ3v) is 3.57. The molecule has 102 valence electrons. The second-order valence-corrected chi connectivity index (χ2v) is 4.88. The minimum Gasteiger partial charge on any atom is -0.465 e. The first kappa shape index (κ1) is 12.7. The van der Waals surface area contributed by atoms with E-state index in [1.54, 1.807) is 6.07 Å². The summed E-state index contributed by atoms with van der Waals surface area (Å²) >= 11 is 0. The van der Waals surface area contributed by atoms with Gasteiger partial charge in [-0.15, -0.1) is 0 Å². The van der Waals surface area contributed by atoms with Gasteiger partial charge in [-0.1, -0.05) is 0 Å². The summed E-state index contributed by atoms with van der Waals surface area (Å²) in [7, 11) is 1.39. The molecule has 4 heteroatoms. The average molecular weight is 268 g/mol. The van der Waals surface area contributed by atoms with Gasteiger partial charge in [0.1, 0.15) is 5.82 Å². The van der Waals surface area contributed by atoms with E-state index in [0.717, 1.165) is 29.9 Å². The van der Waals surface area contributed by atoms with Crippen molar-refractivity contribution >= 4 is 18.0 Å². The van der Waals surface area contributed by atoms with Gasteiger partial charge < -0.3 is 9.30 Å². The lowest BCUT2D eigenvalue weighted by molar-refractivity contribution is 0.0600. The SMILES string of the molecule is COC(=O)c1ccc(-n2ccc3c2N=CCC3)c(C)c1. The number of benzene rings is 1. The first-order chi connectivity index (χ1) is 9.70. The van der Waals surface area contributed by atoms with Crippen LogP contribution in [0.2, 0.25) is 0 Å². The number of hydrogen-bond acceptors (Lipinski definition) is 3. The number of ether oxygens (including phenoxy) is 1. The van der Waals surface area contributed by atoms with Crippen molar-refractivity contribution in [1.29, 1.82) is 0 Å². The Kier molecular flexibility index (Phi) is 3.14. The van der Waals surface area contributed by atoms with E-state index in [4.69, 9.17) is 4.74 Å². The highest BCUT2D eigenvalue weighted by Gasteiger charge is 2.14. The normalized spacial score (nSPS) is 13.1. The fraction of sp³-hybridized carbons (Fsp3) is 0.250. The molecule has 1 aromatic carbocycles. The van der Waals surface area contributed by atoms with Crippen LogP contribution in [0.5, 0.6) is 0 Å². The minimum atomic E-state index is -0.313. The molecule has 0 saturated carbocycles. The van der Waals surface area contributed by atoms with Crippen molar-refractivity contribution in [3.63, 3.8) is 0 Å². The van der Waals surface area contributed by atoms with Gasteiger partial charge in [-0.05, 0) is 55.2 Å². The number of carbonyl (C=O) groups excluding carboxylic acids is 1. The molecule has 0 radical (unpaired) electrons. The summed E-state index contributed by atoms with van der Waals surface area (Å²) in [5.41, 5.74) is 3.90. The van der Waals surface area contributed by atoms with Crippen LogP contribution in [0.3, 0.4) is 0 Å². The summed E-state index contributed by atoms with van der Waals surface area (Å²) in [4.78, 5) is 16.0. The molecule has 3 rings (SSSR count). The maximum Gasteiger partial charge on any atom is 0.337 e. The van der Waals surface area contributed by atoms with Crippen LogP contribution in [-0.4, -0.2) is 23.9 Å². The maximum atomic E-state index is 11.5. The molecule has 0 aliphatic carbocycles. The zero-order valence-corrected chi connectivity index (χ0v) is 11.6. The molecule has 0 atom stereocenters. The predicted molar refractivity (Wildman–Crippen MR) is 78.3 cm³/mol. The second kappa shape index (κ2) is 4.96. The van der Waals surface area contributed by atoms with E-state index < -0.39 is 0 Å². The quantitative estimate of drug-likeness (QED) is 0.785. The van der Waals surface area contributed by atoms with Crippen molar-refractivity contribution in [1.82, 2.24) is 4.57 Å². The van der Waals surface area contributed by atoms with Crippen molar-refractivity contribution in [2.45, 2.75) is 19.8 Å². The molecule has 0 saturated heterocycles. The van der Waals surface area contributed by atoms with Crippen molar-refractivity contribution < 1.29 is 9.53 Å². The van der Waals surface area contributed by atoms with Crippen LogP contribution in [0.1, 0.15) is 27.9 Å². The third kappa shape index (κ3) is 2.03. The minimum absolute atomic E-state index is 0.313. The molecule has 1 aliphatic heterocycles. The van der Waals surface area contributed by atoms with Gasteiger partial charge in [0.25, 0.3) is 0 Å². The Hall–Kier alpha value is -2.36. The molecule has 1 aromatic heterocycles. The summed E-state index contributed by atoms with van der Waals surface area (Å²) < 4.78 is 6.81. The van der Waals surface area contributed by atoms with Gasteiger partial charge in [0.15, 0.2) is 0 Å². The number of aryl methyl sites for hydroxylation is 2. The van der Waals surface area contributed by atoms with Gasteiger partial charge in [0.2, 0.25) is 0 Å². The van der Waals surface area contributed by atoms with Gasteiger partial charge in [-0.2, -0.15) is 0 Å². The molecular formula is C16H16N2O2. The summed E-state index contributed by atoms with van der Waals surface area (Å²) in [6, 6.07) is 7.68. The molecule has 0 unspecified atom stereocenters. The molecule has 20 heavy (non-hydrogen) atoms. The standard InChI is InChI=1S/C16H16N2O2/c1-11-10-13(16(19)20-2)5-6-14(11)18-9-7-12-4-3-8-17-15(12)18/h5-10H,3-4H2,1-2H3. The van der Waals surface area contributed by atoms with E-state index in [0.29, 0.717) is 5.56 Å². The van der Waals surface area contributed by atoms with Crippen LogP contribution in [-0.2, 0) is 11.2 Å². The third-order valence-electron chi connectivity index (χ3n) is 3.57. The van der Waals surface area contributed by atoms with Gasteiger partial charge in [-0.3, -0.25) is 0 Å². The Labute approximate surface area is 117 Å². The van der Waals surface area contributed by atoms with E-state index in [1.807, 2.05) is 31.5 Å². The Morgan fingerprint density at radius 2 is 2.20 bits per heavy atom. The highest BCUT2D eigenvalue weighted by atomic mass is 16.5. The van der Waals surface area contributed by atoms with E-state index in [2.05, 4.69) is 15.6 Å². The summed E-state index contributed by atoms with van der Waals surface area (Å²) in [5.74, 6) is 0.678. The number of rotatable bonds is 2. The smallest absolute Gasteiger partial charge is 0.337 e. The molecule has 0 fully saturated rings. The Morgan fingerprint density at radius 1 is 1.35 bits per heavy atom. The van der Waals surface area contributed by atoms with E-state index in [9.17, 15) is 4.79 Å². The predicted octanol–water partition coefficient (Wildman–Crippen LogP) is 3.22. The van der Waals surface area contributed by atoms with Crippen LogP contribution >= 0.6 is 0 Å². The molecule has 0 spiro atoms. The molecule has 1 aliphatic rings. The average Bonchev–Trinajstić information content (AvgIpc) is 2.90. The van der Waals surface area contributed by atoms with Gasteiger partial charge in [0.05, 0.1) is 12.7 Å². The van der Waals surface area contributed by atoms with E-state index >= 15 is 0 Å². The van der Waals surface area contributed by atoms with E-state index in [1.165, 1.54) is 12.7 Å². The molecular weight excluding hydrogens is 252 g/mol. The number of methoxy groups -OCH3 is 1. The van der Waals surface area contributed by atoms with Crippen molar-refractivity contribution in [3.8, 4) is 5.69 Å². The number of nitrogens with zero attached hydrogens (tertiary/aromatic N) is 2. The highest BCUT2D eigenvalue weighted by molar-refractivity contribution is 5.90. The first-order valence-electron chi connectivity index (χ1n) is 6.63. The molecule has 0 N–H and O–H groups in total. The Morgan fingerprint density at radius 3 is 2.95 bits per heavy atom. The lowest BCUT2D eigenvalue weighted by atomic mass is 10.1. The molecule has 2 aromatic rings. The summed E-state index contributed by atoms with van der Waals surface area (Å²) in [5, 5.41) is 0. The fourth-order valence-electron chi connectivity index (χ4n) is 2.54. The Bertz CT molecular complexity index is 698. The fourth-order valence-corrected chi connectivity index (χ4v) is 2.54. The topological polar surface area (TPSA) is 43.6 Å². The number of fused-ring (bicyclic) bond motifs is 1. The zero-order valence-electron chi connectivity index (χ0n) is 11.6. The highest BCUT2D eigenvalue weighted by Crippen LogP contribution is 2.30. The first-order valence-corrected chi connectivity index (χ1v) is 6.63. The van der Waals surface area contributed by atoms with Crippen molar-refractivity contribution in [2.75, 3.05) is 7.11 Å². The number of carbonyl (C=O) groups is 1. The lowest BCUT2D eigenvalue weighted by Gasteiger charge is -2.13. The molecule has 0 amide bonds. The van der Waals surface area contributed by atoms with Gasteiger partial charge in [0, 0.05) is 18.1 Å². The van der Waals surface area contributed by atoms with Crippen LogP contribution in [0.4, 0.5) is 5.82 Å². The second-order valence-electron chi connectivity index (χ2n) is 4.88. The Balaban J connectivity index is 2.06. The summed E-state index contributed by atoms with van der Waals surface area (Å²) in [6.07, 6.45) is 6.02. The molecule has 0 bridgehead atoms. The van der Waals surface area contributed by atoms with Crippen molar-refractivity contribution in [3.05, 3.63) is 47.2 Å². The summed E-state index contributed by atoms with van der Waals surface area (Å²) in [6.45, 7) is 1.99. The monoisotopic (exact) mass is 268 g/mol. The van der Waals surface area contributed by atoms with Crippen molar-refractivity contribution in [2.24, 2.45) is 4.99 Å². The largest absolute Gasteiger partial charge is 0.465 e. The van der Waals surface area contributed by atoms with Crippen LogP contribution in [0, 0.1) is 6.92 Å². The number of aromatic nitrogens is 1. The molecule has 4 nitrogen and oxygen atoms in total. The van der Waals surface area contributed by atoms with E-state index in [-0.39, 0.29) is 5.97 Å². The lowest BCUT2D eigenvalue weighted by Crippen LogP contribution is -2.04.